The second kappa shape index (κ2) is 18.6. The lowest BCUT2D eigenvalue weighted by Crippen LogP contribution is -2.44. The summed E-state index contributed by atoms with van der Waals surface area (Å²) < 4.78 is 6.86. The predicted molar refractivity (Wildman–Crippen MR) is 200 cm³/mol. The molecule has 0 saturated carbocycles. The van der Waals surface area contributed by atoms with E-state index in [0.29, 0.717) is 26.7 Å². The first-order chi connectivity index (χ1) is 21.9. The lowest BCUT2D eigenvalue weighted by molar-refractivity contribution is -0.143. The van der Waals surface area contributed by atoms with Crippen molar-refractivity contribution >= 4 is 55.5 Å². The SMILES string of the molecule is BC(=C)NC(C)CCC(C)N1C(=O)CC(CCC[Si](C)(C)O[Si](C)(C)CCCC2CC(=O)N(C(C)CCC(C)NBC#C)C2=O)C1=O. The number of carbonyl (C=O) groups excluding carboxylic acids is 4. The summed E-state index contributed by atoms with van der Waals surface area (Å²) in [6.07, 6.45) is 12.4. The fourth-order valence-electron chi connectivity index (χ4n) is 7.28. The summed E-state index contributed by atoms with van der Waals surface area (Å²) in [6, 6.07) is 2.16. The van der Waals surface area contributed by atoms with Crippen LogP contribution in [0.4, 0.5) is 0 Å². The van der Waals surface area contributed by atoms with Gasteiger partial charge in [0.25, 0.3) is 7.41 Å². The van der Waals surface area contributed by atoms with Gasteiger partial charge < -0.3 is 14.7 Å². The van der Waals surface area contributed by atoms with Crippen molar-refractivity contribution in [3.05, 3.63) is 12.2 Å². The van der Waals surface area contributed by atoms with Crippen molar-refractivity contribution in [1.29, 1.82) is 0 Å². The van der Waals surface area contributed by atoms with E-state index in [4.69, 9.17) is 10.5 Å². The van der Waals surface area contributed by atoms with Gasteiger partial charge in [0.15, 0.2) is 24.5 Å². The summed E-state index contributed by atoms with van der Waals surface area (Å²) in [5, 5.41) is 6.55. The number of imide groups is 2. The Bertz CT molecular complexity index is 1160. The van der Waals surface area contributed by atoms with E-state index >= 15 is 0 Å². The average Bonchev–Trinajstić information content (AvgIpc) is 3.40. The molecule has 9 nitrogen and oxygen atoms in total. The van der Waals surface area contributed by atoms with Crippen LogP contribution in [0.2, 0.25) is 38.3 Å². The van der Waals surface area contributed by atoms with Gasteiger partial charge in [0.05, 0.1) is 0 Å². The zero-order valence-electron chi connectivity index (χ0n) is 30.9. The molecule has 6 unspecified atom stereocenters. The lowest BCUT2D eigenvalue weighted by atomic mass is 9.94. The maximum Gasteiger partial charge on any atom is 0.291 e. The Morgan fingerprint density at radius 1 is 0.872 bits per heavy atom. The van der Waals surface area contributed by atoms with Crippen LogP contribution in [0.25, 0.3) is 0 Å². The van der Waals surface area contributed by atoms with Gasteiger partial charge in [-0.25, -0.2) is 0 Å². The summed E-state index contributed by atoms with van der Waals surface area (Å²) in [6.45, 7) is 21.0. The molecule has 0 aromatic heterocycles. The summed E-state index contributed by atoms with van der Waals surface area (Å²) in [7, 11) is -1.54. The molecule has 2 saturated heterocycles. The minimum absolute atomic E-state index is 0.0161. The van der Waals surface area contributed by atoms with E-state index in [0.717, 1.165) is 62.6 Å². The summed E-state index contributed by atoms with van der Waals surface area (Å²) in [5.41, 5.74) is 0.919. The molecule has 2 N–H and O–H groups in total. The molecule has 0 aliphatic carbocycles. The molecule has 0 aromatic rings. The number of amides is 4. The third-order valence-corrected chi connectivity index (χ3v) is 17.3. The van der Waals surface area contributed by atoms with Crippen LogP contribution in [0.1, 0.15) is 91.9 Å². The normalized spacial score (nSPS) is 21.5. The summed E-state index contributed by atoms with van der Waals surface area (Å²) in [5.74, 6) is 1.98. The maximum atomic E-state index is 13.2. The molecule has 0 spiro atoms. The van der Waals surface area contributed by atoms with Crippen molar-refractivity contribution in [3.63, 3.8) is 0 Å². The number of terminal acetylenes is 1. The van der Waals surface area contributed by atoms with Gasteiger partial charge in [-0.15, -0.1) is 12.2 Å². The Balaban J connectivity index is 1.76. The number of hydrogen-bond donors (Lipinski definition) is 2. The van der Waals surface area contributed by atoms with Crippen LogP contribution in [0.5, 0.6) is 0 Å². The van der Waals surface area contributed by atoms with Crippen LogP contribution in [-0.4, -0.2) is 89.5 Å². The van der Waals surface area contributed by atoms with Gasteiger partial charge in [-0.3, -0.25) is 29.0 Å². The highest BCUT2D eigenvalue weighted by Crippen LogP contribution is 2.32. The van der Waals surface area contributed by atoms with Crippen molar-refractivity contribution in [2.75, 3.05) is 0 Å². The standard InChI is InChI=1S/C34H62B2N4O5Si2/c1-11-36-38-25(3)17-19-27(5)40-32(42)23-30(34(40)44)15-13-21-47(9,10)45-46(7,8)20-12-14-29-22-31(41)39(33(29)43)26(4)18-16-24(2)37-28(6)35/h1,24-27,29-30,36-38H,6,12-23,35H2,2-5,7-10H3. The molecule has 13 heteroatoms. The molecule has 0 aromatic carbocycles. The van der Waals surface area contributed by atoms with Crippen LogP contribution in [0.15, 0.2) is 12.2 Å². The zero-order valence-corrected chi connectivity index (χ0v) is 32.9. The highest BCUT2D eigenvalue weighted by molar-refractivity contribution is 6.84. The van der Waals surface area contributed by atoms with Crippen LogP contribution >= 0.6 is 0 Å². The molecule has 2 fully saturated rings. The van der Waals surface area contributed by atoms with Crippen LogP contribution < -0.4 is 10.5 Å². The summed E-state index contributed by atoms with van der Waals surface area (Å²) in [4.78, 5) is 54.9. The lowest BCUT2D eigenvalue weighted by Gasteiger charge is -2.34. The molecular weight excluding hydrogens is 622 g/mol. The second-order valence-electron chi connectivity index (χ2n) is 15.6. The Morgan fingerprint density at radius 2 is 1.30 bits per heavy atom. The van der Waals surface area contributed by atoms with E-state index in [9.17, 15) is 19.2 Å². The Kier molecular flexibility index (Phi) is 16.2. The van der Waals surface area contributed by atoms with Gasteiger partial charge in [0.1, 0.15) is 0 Å². The topological polar surface area (TPSA) is 108 Å². The number of carbonyl (C=O) groups is 4. The second-order valence-corrected chi connectivity index (χ2v) is 24.4. The molecule has 0 radical (unpaired) electrons. The first-order valence-electron chi connectivity index (χ1n) is 17.9. The predicted octanol–water partition coefficient (Wildman–Crippen LogP) is 4.06. The van der Waals surface area contributed by atoms with E-state index < -0.39 is 16.6 Å². The largest absolute Gasteiger partial charge is 0.455 e. The number of hydrogen-bond acceptors (Lipinski definition) is 7. The monoisotopic (exact) mass is 684 g/mol. The molecule has 262 valence electrons. The smallest absolute Gasteiger partial charge is 0.291 e. The van der Waals surface area contributed by atoms with Crippen LogP contribution in [-0.2, 0) is 23.3 Å². The van der Waals surface area contributed by atoms with Gasteiger partial charge in [0, 0.05) is 42.8 Å². The third-order valence-electron chi connectivity index (χ3n) is 9.73. The van der Waals surface area contributed by atoms with E-state index in [1.807, 2.05) is 21.7 Å². The molecular formula is C34H62B2N4O5Si2. The molecule has 2 aliphatic heterocycles. The fraction of sp³-hybridized carbons (Fsp3) is 0.765. The fourth-order valence-corrected chi connectivity index (χ4v) is 16.2. The Hall–Kier alpha value is -2.14. The van der Waals surface area contributed by atoms with Gasteiger partial charge in [-0.2, -0.15) is 0 Å². The van der Waals surface area contributed by atoms with Gasteiger partial charge >= 0.3 is 0 Å². The third kappa shape index (κ3) is 13.4. The molecule has 6 atom stereocenters. The van der Waals surface area contributed by atoms with Gasteiger partial charge in [-0.1, -0.05) is 26.3 Å². The molecule has 0 bridgehead atoms. The minimum atomic E-state index is -1.99. The molecule has 47 heavy (non-hydrogen) atoms. The first-order valence-corrected chi connectivity index (χ1v) is 24.1. The Morgan fingerprint density at radius 3 is 1.70 bits per heavy atom. The van der Waals surface area contributed by atoms with Crippen molar-refractivity contribution in [1.82, 2.24) is 20.3 Å². The Labute approximate surface area is 289 Å². The highest BCUT2D eigenvalue weighted by atomic mass is 28.4. The highest BCUT2D eigenvalue weighted by Gasteiger charge is 2.42. The zero-order chi connectivity index (χ0) is 35.5. The molecule has 4 amide bonds. The first kappa shape index (κ1) is 41.0. The molecule has 2 rings (SSSR count). The van der Waals surface area contributed by atoms with Crippen molar-refractivity contribution in [3.8, 4) is 12.2 Å². The maximum absolute atomic E-state index is 13.2. The van der Waals surface area contributed by atoms with Crippen molar-refractivity contribution in [2.45, 2.75) is 154 Å². The average molecular weight is 685 g/mol. The number of rotatable bonds is 22. The van der Waals surface area contributed by atoms with Crippen molar-refractivity contribution in [2.24, 2.45) is 11.8 Å². The number of nitrogens with zero attached hydrogens (tertiary/aromatic N) is 2. The van der Waals surface area contributed by atoms with Gasteiger partial charge in [-0.05, 0) is 109 Å². The number of likely N-dealkylation sites (tertiary alicyclic amines) is 2. The molecule has 2 aliphatic rings. The summed E-state index contributed by atoms with van der Waals surface area (Å²) >= 11 is 0. The van der Waals surface area contributed by atoms with Crippen molar-refractivity contribution < 1.29 is 23.3 Å². The molecule has 2 heterocycles. The van der Waals surface area contributed by atoms with E-state index in [2.05, 4.69) is 63.0 Å². The van der Waals surface area contributed by atoms with E-state index in [-0.39, 0.29) is 59.6 Å². The van der Waals surface area contributed by atoms with Crippen LogP contribution in [0, 0.1) is 24.1 Å². The van der Waals surface area contributed by atoms with Gasteiger partial charge in [0.2, 0.25) is 23.6 Å². The van der Waals surface area contributed by atoms with E-state index in [1.165, 1.54) is 9.80 Å². The number of nitrogens with one attached hydrogen (secondary N) is 2. The quantitative estimate of drug-likeness (QED) is 0.101. The minimum Gasteiger partial charge on any atom is -0.455 e. The van der Waals surface area contributed by atoms with Crippen LogP contribution in [0.3, 0.4) is 0 Å². The van der Waals surface area contributed by atoms with E-state index in [1.54, 1.807) is 0 Å².